The summed E-state index contributed by atoms with van der Waals surface area (Å²) in [6.45, 7) is 2.76. The van der Waals surface area contributed by atoms with E-state index in [0.29, 0.717) is 13.0 Å². The summed E-state index contributed by atoms with van der Waals surface area (Å²) in [5.41, 5.74) is 4.58. The van der Waals surface area contributed by atoms with Crippen molar-refractivity contribution in [3.63, 3.8) is 0 Å². The van der Waals surface area contributed by atoms with Crippen molar-refractivity contribution in [2.75, 3.05) is 0 Å². The van der Waals surface area contributed by atoms with Crippen molar-refractivity contribution in [2.24, 2.45) is 5.10 Å². The van der Waals surface area contributed by atoms with Crippen LogP contribution in [0.4, 0.5) is 0 Å². The summed E-state index contributed by atoms with van der Waals surface area (Å²) in [5, 5.41) is 4.16. The van der Waals surface area contributed by atoms with Gasteiger partial charge in [-0.2, -0.15) is 5.10 Å². The normalized spacial score (nSPS) is 11.2. The summed E-state index contributed by atoms with van der Waals surface area (Å²) in [6, 6.07) is 15.8. The molecule has 0 saturated carbocycles. The first-order valence-electron chi connectivity index (χ1n) is 14.5. The Kier molecular flexibility index (Phi) is 17.5. The van der Waals surface area contributed by atoms with Gasteiger partial charge in [0.2, 0.25) is 5.91 Å². The van der Waals surface area contributed by atoms with Crippen LogP contribution >= 0.6 is 15.9 Å². The minimum Gasteiger partial charge on any atom is -0.488 e. The van der Waals surface area contributed by atoms with Crippen LogP contribution in [0.5, 0.6) is 5.75 Å². The van der Waals surface area contributed by atoms with Gasteiger partial charge in [-0.25, -0.2) is 5.43 Å². The Morgan fingerprint density at radius 1 is 0.811 bits per heavy atom. The van der Waals surface area contributed by atoms with Crippen molar-refractivity contribution < 1.29 is 9.53 Å². The highest BCUT2D eigenvalue weighted by Crippen LogP contribution is 2.23. The third-order valence-electron chi connectivity index (χ3n) is 6.61. The first-order valence-corrected chi connectivity index (χ1v) is 15.3. The molecule has 0 saturated heterocycles. The van der Waals surface area contributed by atoms with Crippen molar-refractivity contribution in [1.82, 2.24) is 5.43 Å². The van der Waals surface area contributed by atoms with E-state index in [-0.39, 0.29) is 5.91 Å². The second-order valence-electron chi connectivity index (χ2n) is 9.95. The maximum Gasteiger partial charge on any atom is 0.240 e. The minimum atomic E-state index is -0.0345. The lowest BCUT2D eigenvalue weighted by molar-refractivity contribution is -0.121. The second-order valence-corrected chi connectivity index (χ2v) is 10.9. The zero-order chi connectivity index (χ0) is 26.4. The second kappa shape index (κ2) is 20.9. The van der Waals surface area contributed by atoms with Gasteiger partial charge in [-0.1, -0.05) is 143 Å². The Bertz CT molecular complexity index is 886. The maximum absolute atomic E-state index is 12.2. The van der Waals surface area contributed by atoms with Gasteiger partial charge in [-0.3, -0.25) is 4.79 Å². The Morgan fingerprint density at radius 2 is 1.38 bits per heavy atom. The Morgan fingerprint density at radius 3 is 1.97 bits per heavy atom. The number of hydrogen-bond donors (Lipinski definition) is 1. The fraction of sp³-hybridized carbons (Fsp3) is 0.562. The number of halogens is 1. The molecule has 0 spiro atoms. The fourth-order valence-electron chi connectivity index (χ4n) is 4.37. The van der Waals surface area contributed by atoms with Crippen LogP contribution in [-0.2, 0) is 11.4 Å². The molecule has 0 unspecified atom stereocenters. The van der Waals surface area contributed by atoms with Crippen LogP contribution in [0.2, 0.25) is 0 Å². The zero-order valence-electron chi connectivity index (χ0n) is 22.9. The van der Waals surface area contributed by atoms with Gasteiger partial charge in [0.1, 0.15) is 12.4 Å². The number of unbranched alkanes of at least 4 members (excludes halogenated alkanes) is 14. The molecule has 0 aliphatic carbocycles. The maximum atomic E-state index is 12.2. The Hall–Kier alpha value is -2.14. The van der Waals surface area contributed by atoms with E-state index in [2.05, 4.69) is 33.4 Å². The average Bonchev–Trinajstić information content (AvgIpc) is 2.91. The van der Waals surface area contributed by atoms with E-state index in [0.717, 1.165) is 34.2 Å². The quantitative estimate of drug-likeness (QED) is 0.0921. The minimum absolute atomic E-state index is 0.0345. The summed E-state index contributed by atoms with van der Waals surface area (Å²) in [5.74, 6) is 0.695. The molecule has 0 aliphatic rings. The van der Waals surface area contributed by atoms with Gasteiger partial charge < -0.3 is 4.74 Å². The molecule has 204 valence electrons. The van der Waals surface area contributed by atoms with Crippen LogP contribution in [-0.4, -0.2) is 12.1 Å². The Labute approximate surface area is 233 Å². The van der Waals surface area contributed by atoms with E-state index in [9.17, 15) is 4.79 Å². The molecule has 0 heterocycles. The van der Waals surface area contributed by atoms with Crippen molar-refractivity contribution in [3.8, 4) is 5.75 Å². The molecular weight excluding hydrogens is 524 g/mol. The number of rotatable bonds is 21. The summed E-state index contributed by atoms with van der Waals surface area (Å²) in [7, 11) is 0. The van der Waals surface area contributed by atoms with E-state index in [1.54, 1.807) is 6.21 Å². The molecule has 2 rings (SSSR count). The molecule has 1 amide bonds. The van der Waals surface area contributed by atoms with Gasteiger partial charge in [0.15, 0.2) is 0 Å². The molecule has 37 heavy (non-hydrogen) atoms. The topological polar surface area (TPSA) is 50.7 Å². The predicted molar refractivity (Wildman–Crippen MR) is 160 cm³/mol. The summed E-state index contributed by atoms with van der Waals surface area (Å²) in [6.07, 6.45) is 22.0. The number of amides is 1. The SMILES string of the molecule is CCCCCCCCCCCCCCCCCC(=O)NN=Cc1cc(Br)ccc1OCc1ccccc1. The number of hydrogen-bond acceptors (Lipinski definition) is 3. The highest BCUT2D eigenvalue weighted by molar-refractivity contribution is 9.10. The van der Waals surface area contributed by atoms with Crippen LogP contribution in [0.15, 0.2) is 58.1 Å². The zero-order valence-corrected chi connectivity index (χ0v) is 24.4. The van der Waals surface area contributed by atoms with Crippen LogP contribution in [0.25, 0.3) is 0 Å². The molecule has 1 N–H and O–H groups in total. The van der Waals surface area contributed by atoms with E-state index >= 15 is 0 Å². The molecule has 5 heteroatoms. The van der Waals surface area contributed by atoms with Crippen LogP contribution in [0, 0.1) is 0 Å². The molecule has 0 bridgehead atoms. The lowest BCUT2D eigenvalue weighted by Gasteiger charge is -2.09. The highest BCUT2D eigenvalue weighted by atomic mass is 79.9. The summed E-state index contributed by atoms with van der Waals surface area (Å²) >= 11 is 3.50. The van der Waals surface area contributed by atoms with Gasteiger partial charge >= 0.3 is 0 Å². The largest absolute Gasteiger partial charge is 0.488 e. The number of ether oxygens (including phenoxy) is 1. The number of benzene rings is 2. The van der Waals surface area contributed by atoms with Crippen molar-refractivity contribution in [1.29, 1.82) is 0 Å². The van der Waals surface area contributed by atoms with Gasteiger partial charge in [-0.05, 0) is 30.2 Å². The number of nitrogens with one attached hydrogen (secondary N) is 1. The molecule has 2 aromatic rings. The third-order valence-corrected chi connectivity index (χ3v) is 7.10. The summed E-state index contributed by atoms with van der Waals surface area (Å²) in [4.78, 5) is 12.2. The predicted octanol–water partition coefficient (Wildman–Crippen LogP) is 9.74. The molecule has 2 aromatic carbocycles. The van der Waals surface area contributed by atoms with E-state index < -0.39 is 0 Å². The lowest BCUT2D eigenvalue weighted by Crippen LogP contribution is -2.17. The number of nitrogens with zero attached hydrogens (tertiary/aromatic N) is 1. The van der Waals surface area contributed by atoms with Gasteiger partial charge in [0.05, 0.1) is 6.21 Å². The molecule has 4 nitrogen and oxygen atoms in total. The first-order chi connectivity index (χ1) is 18.2. The third kappa shape index (κ3) is 15.7. The standard InChI is InChI=1S/C32H47BrN2O2/c1-2-3-4-5-6-7-8-9-10-11-12-13-14-15-19-22-32(36)35-34-26-29-25-30(33)23-24-31(29)37-27-28-20-17-16-18-21-28/h16-18,20-21,23-26H,2-15,19,22,27H2,1H3,(H,35,36). The summed E-state index contributed by atoms with van der Waals surface area (Å²) < 4.78 is 6.91. The molecule has 0 aromatic heterocycles. The van der Waals surface area contributed by atoms with Crippen LogP contribution in [0.1, 0.15) is 121 Å². The van der Waals surface area contributed by atoms with Crippen LogP contribution in [0.3, 0.4) is 0 Å². The van der Waals surface area contributed by atoms with Gasteiger partial charge in [-0.15, -0.1) is 0 Å². The lowest BCUT2D eigenvalue weighted by atomic mass is 10.0. The van der Waals surface area contributed by atoms with E-state index in [4.69, 9.17) is 4.74 Å². The molecule has 0 aliphatic heterocycles. The van der Waals surface area contributed by atoms with Crippen molar-refractivity contribution >= 4 is 28.1 Å². The first kappa shape index (κ1) is 31.1. The van der Waals surface area contributed by atoms with Crippen LogP contribution < -0.4 is 10.2 Å². The Balaban J connectivity index is 1.50. The molecule has 0 fully saturated rings. The monoisotopic (exact) mass is 570 g/mol. The smallest absolute Gasteiger partial charge is 0.240 e. The number of carbonyl (C=O) groups excluding carboxylic acids is 1. The molecule has 0 atom stereocenters. The number of carbonyl (C=O) groups is 1. The van der Waals surface area contributed by atoms with Gasteiger partial charge in [0, 0.05) is 16.5 Å². The van der Waals surface area contributed by atoms with Crippen molar-refractivity contribution in [3.05, 3.63) is 64.1 Å². The molecular formula is C32H47BrN2O2. The van der Waals surface area contributed by atoms with E-state index in [1.165, 1.54) is 83.5 Å². The number of hydrazone groups is 1. The van der Waals surface area contributed by atoms with Crippen molar-refractivity contribution in [2.45, 2.75) is 116 Å². The van der Waals surface area contributed by atoms with Gasteiger partial charge in [0.25, 0.3) is 0 Å². The molecule has 0 radical (unpaired) electrons. The van der Waals surface area contributed by atoms with E-state index in [1.807, 2.05) is 48.5 Å². The average molecular weight is 572 g/mol. The highest BCUT2D eigenvalue weighted by Gasteiger charge is 2.05. The fourth-order valence-corrected chi connectivity index (χ4v) is 4.75.